The first-order valence-electron chi connectivity index (χ1n) is 14.1. The number of hydrogen-bond acceptors (Lipinski definition) is 0. The third-order valence-corrected chi connectivity index (χ3v) is 6.41. The van der Waals surface area contributed by atoms with Crippen LogP contribution in [0.2, 0.25) is 0 Å². The summed E-state index contributed by atoms with van der Waals surface area (Å²) in [4.78, 5) is 0. The quantitative estimate of drug-likeness (QED) is 0.0967. The lowest BCUT2D eigenvalue weighted by atomic mass is 10.0. The van der Waals surface area contributed by atoms with Crippen LogP contribution in [-0.2, 0) is 0 Å². The van der Waals surface area contributed by atoms with Crippen molar-refractivity contribution in [1.29, 1.82) is 0 Å². The number of allylic oxidation sites excluding steroid dienone is 2. The van der Waals surface area contributed by atoms with Crippen molar-refractivity contribution in [1.82, 2.24) is 0 Å². The summed E-state index contributed by atoms with van der Waals surface area (Å²) in [5.74, 6) is 0. The van der Waals surface area contributed by atoms with Crippen molar-refractivity contribution in [2.24, 2.45) is 0 Å². The van der Waals surface area contributed by atoms with Crippen LogP contribution in [0.25, 0.3) is 0 Å². The highest BCUT2D eigenvalue weighted by atomic mass is 14.0. The minimum atomic E-state index is 1.11. The molecule has 2 radical (unpaired) electrons. The average Bonchev–Trinajstić information content (AvgIpc) is 2.76. The molecule has 0 heteroatoms. The Bertz CT molecular complexity index is 303. The van der Waals surface area contributed by atoms with Gasteiger partial charge in [-0.25, -0.2) is 0 Å². The van der Waals surface area contributed by atoms with E-state index in [1.165, 1.54) is 154 Å². The zero-order valence-corrected chi connectivity index (χ0v) is 21.0. The molecule has 0 aromatic carbocycles. The number of rotatable bonds is 26. The molecule has 0 aliphatic heterocycles. The molecule has 178 valence electrons. The predicted octanol–water partition coefficient (Wildman–Crippen LogP) is 11.4. The fourth-order valence-electron chi connectivity index (χ4n) is 4.30. The van der Waals surface area contributed by atoms with E-state index >= 15 is 0 Å². The number of hydrogen-bond donors (Lipinski definition) is 0. The molecule has 0 aromatic rings. The second kappa shape index (κ2) is 28.7. The molecular formula is C30H58. The van der Waals surface area contributed by atoms with Crippen molar-refractivity contribution in [3.8, 4) is 0 Å². The van der Waals surface area contributed by atoms with Gasteiger partial charge in [0.1, 0.15) is 0 Å². The van der Waals surface area contributed by atoms with Gasteiger partial charge in [-0.1, -0.05) is 167 Å². The van der Waals surface area contributed by atoms with Crippen LogP contribution in [0.15, 0.2) is 12.2 Å². The maximum absolute atomic E-state index is 3.91. The van der Waals surface area contributed by atoms with Crippen molar-refractivity contribution in [3.63, 3.8) is 0 Å². The Kier molecular flexibility index (Phi) is 28.5. The van der Waals surface area contributed by atoms with Gasteiger partial charge in [0, 0.05) is 0 Å². The minimum Gasteiger partial charge on any atom is -0.0885 e. The van der Waals surface area contributed by atoms with E-state index in [1.807, 2.05) is 0 Å². The van der Waals surface area contributed by atoms with Crippen LogP contribution in [0, 0.1) is 13.8 Å². The highest BCUT2D eigenvalue weighted by molar-refractivity contribution is 4.81. The molecular weight excluding hydrogens is 360 g/mol. The van der Waals surface area contributed by atoms with E-state index in [0.29, 0.717) is 0 Å². The molecule has 0 atom stereocenters. The Morgan fingerprint density at radius 2 is 0.467 bits per heavy atom. The Morgan fingerprint density at radius 1 is 0.267 bits per heavy atom. The summed E-state index contributed by atoms with van der Waals surface area (Å²) in [6.07, 6.45) is 41.2. The van der Waals surface area contributed by atoms with Gasteiger partial charge in [-0.05, 0) is 25.7 Å². The third-order valence-electron chi connectivity index (χ3n) is 6.41. The largest absolute Gasteiger partial charge is 0.0885 e. The van der Waals surface area contributed by atoms with Crippen molar-refractivity contribution >= 4 is 0 Å². The molecule has 0 heterocycles. The van der Waals surface area contributed by atoms with Gasteiger partial charge in [0.25, 0.3) is 0 Å². The van der Waals surface area contributed by atoms with Gasteiger partial charge < -0.3 is 0 Å². The Hall–Kier alpha value is -0.260. The fourth-order valence-corrected chi connectivity index (χ4v) is 4.30. The number of unbranched alkanes of at least 4 members (excludes halogenated alkanes) is 24. The Balaban J connectivity index is 3.04. The standard InChI is InChI=1S/C30H58/c1-3-5-7-9-11-13-15-17-19-21-23-25-27-29-30-28-26-24-22-20-18-16-14-12-10-8-6-4-2/h19,21H,1-18,20,22-30H2. The highest BCUT2D eigenvalue weighted by Crippen LogP contribution is 2.14. The molecule has 0 bridgehead atoms. The van der Waals surface area contributed by atoms with E-state index in [0.717, 1.165) is 12.8 Å². The molecule has 0 aromatic heterocycles. The summed E-state index contributed by atoms with van der Waals surface area (Å²) in [6.45, 7) is 7.82. The van der Waals surface area contributed by atoms with E-state index in [9.17, 15) is 0 Å². The van der Waals surface area contributed by atoms with Crippen molar-refractivity contribution in [3.05, 3.63) is 26.0 Å². The summed E-state index contributed by atoms with van der Waals surface area (Å²) in [6, 6.07) is 0. The topological polar surface area (TPSA) is 0 Å². The first-order chi connectivity index (χ1) is 14.9. The molecule has 0 spiro atoms. The summed E-state index contributed by atoms with van der Waals surface area (Å²) in [5.41, 5.74) is 0. The van der Waals surface area contributed by atoms with Gasteiger partial charge in [0.15, 0.2) is 0 Å². The minimum absolute atomic E-state index is 1.11. The van der Waals surface area contributed by atoms with Gasteiger partial charge in [-0.15, -0.1) is 0 Å². The van der Waals surface area contributed by atoms with Crippen LogP contribution in [0.5, 0.6) is 0 Å². The lowest BCUT2D eigenvalue weighted by Crippen LogP contribution is -1.83. The summed E-state index contributed by atoms with van der Waals surface area (Å²) < 4.78 is 0. The zero-order valence-electron chi connectivity index (χ0n) is 21.0. The molecule has 0 nitrogen and oxygen atoms in total. The molecule has 0 amide bonds. The molecule has 0 rings (SSSR count). The van der Waals surface area contributed by atoms with E-state index in [4.69, 9.17) is 0 Å². The first kappa shape index (κ1) is 29.7. The van der Waals surface area contributed by atoms with E-state index in [2.05, 4.69) is 26.0 Å². The average molecular weight is 419 g/mol. The van der Waals surface area contributed by atoms with Crippen LogP contribution in [0.4, 0.5) is 0 Å². The maximum atomic E-state index is 3.91. The summed E-state index contributed by atoms with van der Waals surface area (Å²) >= 11 is 0. The molecule has 0 N–H and O–H groups in total. The molecule has 0 fully saturated rings. The lowest BCUT2D eigenvalue weighted by molar-refractivity contribution is 0.528. The predicted molar refractivity (Wildman–Crippen MR) is 140 cm³/mol. The molecule has 0 aliphatic carbocycles. The highest BCUT2D eigenvalue weighted by Gasteiger charge is 1.95. The van der Waals surface area contributed by atoms with Crippen LogP contribution in [0.3, 0.4) is 0 Å². The monoisotopic (exact) mass is 418 g/mol. The SMILES string of the molecule is [CH2]CCCCCCCCC=CCCCCCCCCCCCCCCCCCC[CH2]. The molecule has 0 unspecified atom stereocenters. The second-order valence-corrected chi connectivity index (χ2v) is 9.53. The lowest BCUT2D eigenvalue weighted by Gasteiger charge is -2.03. The normalized spacial score (nSPS) is 11.7. The van der Waals surface area contributed by atoms with Gasteiger partial charge in [-0.2, -0.15) is 0 Å². The second-order valence-electron chi connectivity index (χ2n) is 9.53. The van der Waals surface area contributed by atoms with Crippen LogP contribution in [-0.4, -0.2) is 0 Å². The molecule has 0 aliphatic rings. The molecule has 0 saturated heterocycles. The summed E-state index contributed by atoms with van der Waals surface area (Å²) in [7, 11) is 0. The van der Waals surface area contributed by atoms with E-state index < -0.39 is 0 Å². The van der Waals surface area contributed by atoms with Gasteiger partial charge in [-0.3, -0.25) is 0 Å². The zero-order chi connectivity index (χ0) is 21.8. The first-order valence-corrected chi connectivity index (χ1v) is 14.1. The van der Waals surface area contributed by atoms with Gasteiger partial charge in [0.05, 0.1) is 0 Å². The Labute approximate surface area is 193 Å². The fraction of sp³-hybridized carbons (Fsp3) is 0.867. The van der Waals surface area contributed by atoms with Gasteiger partial charge >= 0.3 is 0 Å². The van der Waals surface area contributed by atoms with Crippen molar-refractivity contribution in [2.45, 2.75) is 167 Å². The van der Waals surface area contributed by atoms with Crippen LogP contribution >= 0.6 is 0 Å². The van der Waals surface area contributed by atoms with Crippen molar-refractivity contribution < 1.29 is 0 Å². The summed E-state index contributed by atoms with van der Waals surface area (Å²) in [5, 5.41) is 0. The maximum Gasteiger partial charge on any atom is -0.0351 e. The molecule has 30 heavy (non-hydrogen) atoms. The van der Waals surface area contributed by atoms with Crippen molar-refractivity contribution in [2.75, 3.05) is 0 Å². The van der Waals surface area contributed by atoms with E-state index in [-0.39, 0.29) is 0 Å². The van der Waals surface area contributed by atoms with Crippen LogP contribution in [0.1, 0.15) is 167 Å². The van der Waals surface area contributed by atoms with Gasteiger partial charge in [0.2, 0.25) is 0 Å². The molecule has 0 saturated carbocycles. The van der Waals surface area contributed by atoms with Crippen LogP contribution < -0.4 is 0 Å². The van der Waals surface area contributed by atoms with E-state index in [1.54, 1.807) is 0 Å². The Morgan fingerprint density at radius 3 is 0.700 bits per heavy atom. The smallest absolute Gasteiger partial charge is 0.0351 e. The third kappa shape index (κ3) is 27.7.